The number of aliphatic hydroxyl groups excluding tert-OH is 2. The van der Waals surface area contributed by atoms with Crippen LogP contribution in [0.1, 0.15) is 54.4 Å². The predicted molar refractivity (Wildman–Crippen MR) is 427 cm³/mol. The highest BCUT2D eigenvalue weighted by atomic mass is 127. The van der Waals surface area contributed by atoms with Gasteiger partial charge in [-0.25, -0.2) is 38.3 Å². The maximum absolute atomic E-state index is 13.1. The molecule has 13 nitrogen and oxygen atoms in total. The molecule has 0 aliphatic carbocycles. The smallest absolute Gasteiger partial charge is 0.183 e. The predicted octanol–water partition coefficient (Wildman–Crippen LogP) is 17.6. The number of nitrogens with one attached hydrogen (secondary N) is 2. The maximum atomic E-state index is 13.1. The van der Waals surface area contributed by atoms with Crippen molar-refractivity contribution in [2.45, 2.75) is 68.8 Å². The average Bonchev–Trinajstić information content (AvgIpc) is 0.900. The molecule has 0 spiro atoms. The lowest BCUT2D eigenvalue weighted by atomic mass is 10.1. The third kappa shape index (κ3) is 18.6. The number of halogens is 1. The van der Waals surface area contributed by atoms with E-state index >= 15 is 0 Å². The lowest BCUT2D eigenvalue weighted by molar-refractivity contribution is 0.272. The number of sulfone groups is 1. The Hall–Kier alpha value is -8.13. The van der Waals surface area contributed by atoms with Crippen molar-refractivity contribution in [1.29, 1.82) is 0 Å². The fourth-order valence-electron chi connectivity index (χ4n) is 10.3. The number of hydrogen-bond donors (Lipinski definition) is 5. The summed E-state index contributed by atoms with van der Waals surface area (Å²) in [5.74, 6) is 3.13. The number of aromatic nitrogens is 6. The number of hydrogen-bond acceptors (Lipinski definition) is 16. The first-order valence-electron chi connectivity index (χ1n) is 31.8. The van der Waals surface area contributed by atoms with Gasteiger partial charge in [-0.1, -0.05) is 185 Å². The van der Waals surface area contributed by atoms with Crippen LogP contribution in [-0.4, -0.2) is 71.2 Å². The van der Waals surface area contributed by atoms with Crippen molar-refractivity contribution in [1.82, 2.24) is 29.9 Å². The summed E-state index contributed by atoms with van der Waals surface area (Å²) in [5, 5.41) is 33.5. The molecule has 0 bridgehead atoms. The molecule has 0 radical (unpaired) electrons. The van der Waals surface area contributed by atoms with E-state index in [2.05, 4.69) is 258 Å². The van der Waals surface area contributed by atoms with Gasteiger partial charge < -0.3 is 25.6 Å². The molecule has 0 atom stereocenters. The molecule has 14 rings (SSSR count). The zero-order chi connectivity index (χ0) is 69.1. The van der Waals surface area contributed by atoms with Gasteiger partial charge in [0.15, 0.2) is 9.84 Å². The van der Waals surface area contributed by atoms with Gasteiger partial charge in [-0.2, -0.15) is 12.6 Å². The summed E-state index contributed by atoms with van der Waals surface area (Å²) >= 11 is 9.68. The Bertz CT molecular complexity index is 4800. The Kier molecular flexibility index (Phi) is 25.6. The second kappa shape index (κ2) is 34.6. The van der Waals surface area contributed by atoms with Gasteiger partial charge in [0.1, 0.15) is 35.8 Å². The van der Waals surface area contributed by atoms with E-state index in [0.717, 1.165) is 65.3 Å². The standard InChI is InChI=1S/C36H28OP2.C20H20N4O3S2.C15H9IN4S.C5H12OS.C2H6/c1-5-17-29(18-6-1)38(30-19-7-2-8-20-30)35-27-15-13-25-33(35)37-34-26-14-16-28-36(34)39(31-21-9-3-10-22-31)32-23-11-4-12-24-32;1-20(2,7-8-25)29(26,27)14-4-5-16-15(10-14)19(22-11-21-16)24-13-3-6-18-17(9-13)23-12-28-18;16-9-1-3-12-11(5-9)15(18-7-17-12)20-10-2-4-14-13(6-10)19-8-21-14;1-5(2,7)3-4-6;1-2/h1-28H;3-6,9-12,25H,7-8H2,1-2H3,(H,21,22,24);1-8H,(H,17,18,20);6-7H,3-4H2,1-2H3;1-2H3. The molecule has 4 aromatic heterocycles. The Labute approximate surface area is 603 Å². The van der Waals surface area contributed by atoms with Gasteiger partial charge in [-0.15, -0.1) is 22.7 Å². The van der Waals surface area contributed by atoms with Crippen LogP contribution in [0.5, 0.6) is 11.5 Å². The summed E-state index contributed by atoms with van der Waals surface area (Å²) < 4.78 is 35.4. The Balaban J connectivity index is 0.000000155. The fourth-order valence-corrected chi connectivity index (χ4v) is 18.5. The monoisotopic (exact) mass is 1520 g/mol. The number of thiazole rings is 2. The van der Waals surface area contributed by atoms with Crippen LogP contribution in [0.3, 0.4) is 0 Å². The molecule has 14 aromatic rings. The van der Waals surface area contributed by atoms with Crippen molar-refractivity contribution in [2.24, 2.45) is 0 Å². The van der Waals surface area contributed by atoms with Crippen molar-refractivity contribution in [3.8, 4) is 11.5 Å². The molecule has 0 saturated carbocycles. The van der Waals surface area contributed by atoms with Crippen LogP contribution in [-0.2, 0) is 9.84 Å². The van der Waals surface area contributed by atoms with Crippen LogP contribution in [0, 0.1) is 3.57 Å². The van der Waals surface area contributed by atoms with E-state index in [-0.39, 0.29) is 29.3 Å². The third-order valence-corrected chi connectivity index (χ3v) is 25.4. The van der Waals surface area contributed by atoms with E-state index in [1.165, 1.54) is 42.9 Å². The van der Waals surface area contributed by atoms with Gasteiger partial charge in [0, 0.05) is 54.3 Å². The molecule has 4 N–H and O–H groups in total. The molecule has 498 valence electrons. The first-order valence-corrected chi connectivity index (χ1v) is 39.2. The lowest BCUT2D eigenvalue weighted by Crippen LogP contribution is -2.33. The first kappa shape index (κ1) is 72.6. The highest BCUT2D eigenvalue weighted by Crippen LogP contribution is 2.41. The molecule has 98 heavy (non-hydrogen) atoms. The second-order valence-electron chi connectivity index (χ2n) is 23.2. The maximum Gasteiger partial charge on any atom is 0.183 e. The van der Waals surface area contributed by atoms with E-state index < -0.39 is 30.4 Å². The molecule has 4 heterocycles. The number of ether oxygens (including phenoxy) is 1. The molecule has 0 fully saturated rings. The van der Waals surface area contributed by atoms with E-state index in [4.69, 9.17) is 9.84 Å². The average molecular weight is 1520 g/mol. The van der Waals surface area contributed by atoms with E-state index in [0.29, 0.717) is 16.7 Å². The summed E-state index contributed by atoms with van der Waals surface area (Å²) in [6.07, 6.45) is 3.93. The minimum Gasteiger partial charge on any atom is -0.456 e. The number of thiol groups is 1. The van der Waals surface area contributed by atoms with Gasteiger partial charge in [0.25, 0.3) is 0 Å². The number of aliphatic hydroxyl groups is 2. The van der Waals surface area contributed by atoms with Gasteiger partial charge in [-0.3, -0.25) is 0 Å². The van der Waals surface area contributed by atoms with Crippen LogP contribution >= 0.6 is 73.7 Å². The van der Waals surface area contributed by atoms with Crippen LogP contribution < -0.4 is 47.2 Å². The van der Waals surface area contributed by atoms with Crippen molar-refractivity contribution in [3.63, 3.8) is 0 Å². The minimum atomic E-state index is -3.65. The van der Waals surface area contributed by atoms with Gasteiger partial charge in [0.2, 0.25) is 0 Å². The van der Waals surface area contributed by atoms with Crippen molar-refractivity contribution in [2.75, 3.05) is 23.8 Å². The summed E-state index contributed by atoms with van der Waals surface area (Å²) in [5.41, 5.74) is 8.88. The zero-order valence-electron chi connectivity index (χ0n) is 55.0. The Morgan fingerprint density at radius 3 is 1.28 bits per heavy atom. The highest BCUT2D eigenvalue weighted by molar-refractivity contribution is 14.1. The second-order valence-corrected chi connectivity index (χ2v) is 34.4. The quantitative estimate of drug-likeness (QED) is 0.0311. The zero-order valence-corrected chi connectivity index (χ0v) is 62.3. The van der Waals surface area contributed by atoms with Crippen LogP contribution in [0.4, 0.5) is 23.0 Å². The first-order chi connectivity index (χ1) is 47.6. The molecule has 0 amide bonds. The Morgan fingerprint density at radius 1 is 0.469 bits per heavy atom. The summed E-state index contributed by atoms with van der Waals surface area (Å²) in [6.45, 7) is 11.2. The molecule has 0 aliphatic rings. The van der Waals surface area contributed by atoms with Crippen LogP contribution in [0.25, 0.3) is 42.2 Å². The molecular weight excluding hydrogens is 1450 g/mol. The number of nitrogens with zero attached hydrogens (tertiary/aromatic N) is 6. The third-order valence-electron chi connectivity index (χ3n) is 15.4. The molecule has 0 unspecified atom stereocenters. The molecule has 20 heteroatoms. The molecule has 0 saturated heterocycles. The highest BCUT2D eigenvalue weighted by Gasteiger charge is 2.35. The molecular formula is C78H75IN8O5P2S4. The van der Waals surface area contributed by atoms with E-state index in [1.807, 2.05) is 75.7 Å². The largest absolute Gasteiger partial charge is 0.456 e. The number of benzene rings is 10. The van der Waals surface area contributed by atoms with Gasteiger partial charge in [-0.05, 0) is 171 Å². The number of fused-ring (bicyclic) bond motifs is 4. The minimum absolute atomic E-state index is 0.00521. The van der Waals surface area contributed by atoms with Gasteiger partial charge >= 0.3 is 0 Å². The van der Waals surface area contributed by atoms with Gasteiger partial charge in [0.05, 0.1) is 52.1 Å². The fraction of sp³-hybridized carbons (Fsp3) is 0.154. The summed E-state index contributed by atoms with van der Waals surface area (Å²) in [4.78, 5) is 26.1. The Morgan fingerprint density at radius 2 is 0.867 bits per heavy atom. The van der Waals surface area contributed by atoms with Crippen molar-refractivity contribution < 1.29 is 23.4 Å². The lowest BCUT2D eigenvalue weighted by Gasteiger charge is -2.25. The molecule has 10 aromatic carbocycles. The summed E-state index contributed by atoms with van der Waals surface area (Å²) in [6, 6.07) is 83.1. The SMILES string of the molecule is CC.CC(C)(CCO)S(=O)(=O)c1ccc2ncnc(Nc3ccc4scnc4c3)c2c1.CC(C)(S)CCO.Ic1ccc2ncnc(Nc3ccc4scnc4c3)c2c1.c1ccc(P(c2ccccc2)c2ccccc2Oc2ccccc2P(c2ccccc2)c2ccccc2)cc1. The van der Waals surface area contributed by atoms with Crippen LogP contribution in [0.15, 0.2) is 271 Å². The molecule has 0 aliphatic heterocycles. The topological polar surface area (TPSA) is 185 Å². The van der Waals surface area contributed by atoms with E-state index in [1.54, 1.807) is 66.6 Å². The van der Waals surface area contributed by atoms with E-state index in [9.17, 15) is 13.5 Å². The van der Waals surface area contributed by atoms with Crippen LogP contribution in [0.2, 0.25) is 0 Å². The summed E-state index contributed by atoms with van der Waals surface area (Å²) in [7, 11) is -5.25. The number of anilines is 4. The number of para-hydroxylation sites is 2. The number of rotatable bonds is 18. The van der Waals surface area contributed by atoms with Crippen molar-refractivity contribution >= 4 is 181 Å². The van der Waals surface area contributed by atoms with Crippen molar-refractivity contribution in [3.05, 3.63) is 270 Å². The normalized spacial score (nSPS) is 11.4.